The van der Waals surface area contributed by atoms with Gasteiger partial charge in [0.25, 0.3) is 0 Å². The van der Waals surface area contributed by atoms with E-state index in [1.165, 1.54) is 23.4 Å². The summed E-state index contributed by atoms with van der Waals surface area (Å²) < 4.78 is 28.8. The highest BCUT2D eigenvalue weighted by atomic mass is 32.2. The Kier molecular flexibility index (Phi) is 6.33. The minimum absolute atomic E-state index is 0.00953. The molecule has 10 heteroatoms. The van der Waals surface area contributed by atoms with Gasteiger partial charge in [-0.25, -0.2) is 8.42 Å². The smallest absolute Gasteiger partial charge is 0.243 e. The van der Waals surface area contributed by atoms with Gasteiger partial charge in [0, 0.05) is 57.6 Å². The molecular formula is C19H25N5O4S. The van der Waals surface area contributed by atoms with E-state index >= 15 is 0 Å². The maximum atomic E-state index is 12.9. The van der Waals surface area contributed by atoms with E-state index in [0.717, 1.165) is 0 Å². The highest BCUT2D eigenvalue weighted by Crippen LogP contribution is 2.21. The Hall–Kier alpha value is -2.72. The Morgan fingerprint density at radius 2 is 1.79 bits per heavy atom. The van der Waals surface area contributed by atoms with Crippen LogP contribution in [0, 0.1) is 0 Å². The van der Waals surface area contributed by atoms with Gasteiger partial charge in [0.1, 0.15) is 0 Å². The van der Waals surface area contributed by atoms with E-state index < -0.39 is 10.0 Å². The number of hydrogen-bond acceptors (Lipinski definition) is 5. The molecule has 1 atom stereocenters. The Balaban J connectivity index is 1.57. The van der Waals surface area contributed by atoms with Crippen LogP contribution in [0.1, 0.15) is 26.3 Å². The number of nitrogens with zero attached hydrogens (tertiary/aromatic N) is 4. The van der Waals surface area contributed by atoms with Crippen LogP contribution < -0.4 is 5.32 Å². The number of hydrogen-bond donors (Lipinski definition) is 1. The van der Waals surface area contributed by atoms with Crippen molar-refractivity contribution in [2.75, 3.05) is 31.5 Å². The molecule has 156 valence electrons. The SMILES string of the molecule is CC(=O)Nc1ccc(S(=O)(=O)N2CCN(C(=O)C[C@H](C)n3cccn3)CC2)cc1. The van der Waals surface area contributed by atoms with Crippen LogP contribution in [-0.4, -0.2) is 65.4 Å². The Bertz CT molecular complexity index is 949. The van der Waals surface area contributed by atoms with Crippen molar-refractivity contribution in [1.29, 1.82) is 0 Å². The Labute approximate surface area is 170 Å². The largest absolute Gasteiger partial charge is 0.340 e. The molecule has 1 aromatic carbocycles. The molecular weight excluding hydrogens is 394 g/mol. The van der Waals surface area contributed by atoms with Crippen molar-refractivity contribution in [2.24, 2.45) is 0 Å². The van der Waals surface area contributed by atoms with E-state index in [-0.39, 0.29) is 35.8 Å². The van der Waals surface area contributed by atoms with Crippen LogP contribution in [0.2, 0.25) is 0 Å². The van der Waals surface area contributed by atoms with Gasteiger partial charge < -0.3 is 10.2 Å². The zero-order valence-corrected chi connectivity index (χ0v) is 17.3. The third kappa shape index (κ3) is 5.01. The fourth-order valence-corrected chi connectivity index (χ4v) is 4.68. The lowest BCUT2D eigenvalue weighted by atomic mass is 10.2. The lowest BCUT2D eigenvalue weighted by Crippen LogP contribution is -2.50. The van der Waals surface area contributed by atoms with Crippen LogP contribution in [0.5, 0.6) is 0 Å². The number of benzene rings is 1. The van der Waals surface area contributed by atoms with Crippen molar-refractivity contribution < 1.29 is 18.0 Å². The van der Waals surface area contributed by atoms with Gasteiger partial charge >= 0.3 is 0 Å². The second kappa shape index (κ2) is 8.75. The number of sulfonamides is 1. The summed E-state index contributed by atoms with van der Waals surface area (Å²) in [5, 5.41) is 6.76. The zero-order chi connectivity index (χ0) is 21.0. The van der Waals surface area contributed by atoms with Gasteiger partial charge in [-0.15, -0.1) is 0 Å². The third-order valence-electron chi connectivity index (χ3n) is 4.85. The molecule has 1 aromatic heterocycles. The molecule has 1 fully saturated rings. The Morgan fingerprint density at radius 3 is 2.34 bits per heavy atom. The first-order valence-electron chi connectivity index (χ1n) is 9.42. The van der Waals surface area contributed by atoms with E-state index in [1.807, 2.05) is 19.2 Å². The van der Waals surface area contributed by atoms with Crippen molar-refractivity contribution in [3.05, 3.63) is 42.7 Å². The summed E-state index contributed by atoms with van der Waals surface area (Å²) in [5.74, 6) is -0.229. The molecule has 2 aromatic rings. The third-order valence-corrected chi connectivity index (χ3v) is 6.76. The van der Waals surface area contributed by atoms with Gasteiger partial charge in [-0.1, -0.05) is 0 Å². The highest BCUT2D eigenvalue weighted by molar-refractivity contribution is 7.89. The van der Waals surface area contributed by atoms with Crippen LogP contribution in [-0.2, 0) is 19.6 Å². The molecule has 0 bridgehead atoms. The molecule has 0 aliphatic carbocycles. The topological polar surface area (TPSA) is 105 Å². The molecule has 29 heavy (non-hydrogen) atoms. The zero-order valence-electron chi connectivity index (χ0n) is 16.5. The summed E-state index contributed by atoms with van der Waals surface area (Å²) in [6.07, 6.45) is 3.81. The fraction of sp³-hybridized carbons (Fsp3) is 0.421. The first-order valence-corrected chi connectivity index (χ1v) is 10.9. The molecule has 2 heterocycles. The van der Waals surface area contributed by atoms with E-state index in [9.17, 15) is 18.0 Å². The Morgan fingerprint density at radius 1 is 1.14 bits per heavy atom. The molecule has 1 aliphatic rings. The molecule has 1 saturated heterocycles. The summed E-state index contributed by atoms with van der Waals surface area (Å²) in [4.78, 5) is 25.5. The quantitative estimate of drug-likeness (QED) is 0.761. The molecule has 2 amide bonds. The molecule has 0 radical (unpaired) electrons. The summed E-state index contributed by atoms with van der Waals surface area (Å²) in [7, 11) is -3.65. The molecule has 0 saturated carbocycles. The van der Waals surface area contributed by atoms with Gasteiger partial charge in [0.05, 0.1) is 10.9 Å². The average molecular weight is 420 g/mol. The second-order valence-corrected chi connectivity index (χ2v) is 8.97. The van der Waals surface area contributed by atoms with Gasteiger partial charge in [-0.2, -0.15) is 9.40 Å². The molecule has 1 N–H and O–H groups in total. The summed E-state index contributed by atoms with van der Waals surface area (Å²) in [5.41, 5.74) is 0.540. The van der Waals surface area contributed by atoms with Crippen LogP contribution in [0.25, 0.3) is 0 Å². The number of amides is 2. The summed E-state index contributed by atoms with van der Waals surface area (Å²) in [6.45, 7) is 4.52. The lowest BCUT2D eigenvalue weighted by Gasteiger charge is -2.34. The summed E-state index contributed by atoms with van der Waals surface area (Å²) in [6, 6.07) is 7.83. The van der Waals surface area contributed by atoms with Crippen molar-refractivity contribution in [1.82, 2.24) is 19.0 Å². The lowest BCUT2D eigenvalue weighted by molar-refractivity contribution is -0.133. The average Bonchev–Trinajstić information content (AvgIpc) is 3.23. The van der Waals surface area contributed by atoms with Gasteiger partial charge in [-0.3, -0.25) is 14.3 Å². The first-order chi connectivity index (χ1) is 13.8. The number of carbonyl (C=O) groups excluding carboxylic acids is 2. The maximum Gasteiger partial charge on any atom is 0.243 e. The first kappa shape index (κ1) is 21.0. The van der Waals surface area contributed by atoms with Gasteiger partial charge in [-0.05, 0) is 37.3 Å². The fourth-order valence-electron chi connectivity index (χ4n) is 3.26. The predicted molar refractivity (Wildman–Crippen MR) is 108 cm³/mol. The van der Waals surface area contributed by atoms with Crippen LogP contribution in [0.3, 0.4) is 0 Å². The second-order valence-electron chi connectivity index (χ2n) is 7.03. The van der Waals surface area contributed by atoms with Crippen LogP contribution in [0.4, 0.5) is 5.69 Å². The predicted octanol–water partition coefficient (Wildman–Crippen LogP) is 1.33. The van der Waals surface area contributed by atoms with Crippen LogP contribution >= 0.6 is 0 Å². The molecule has 9 nitrogen and oxygen atoms in total. The molecule has 0 unspecified atom stereocenters. The standard InChI is InChI=1S/C19H25N5O4S/c1-15(24-9-3-8-20-24)14-19(26)22-10-12-23(13-11-22)29(27,28)18-6-4-17(5-7-18)21-16(2)25/h3-9,15H,10-14H2,1-2H3,(H,21,25)/t15-/m0/s1. The van der Waals surface area contributed by atoms with E-state index in [1.54, 1.807) is 27.9 Å². The van der Waals surface area contributed by atoms with E-state index in [2.05, 4.69) is 10.4 Å². The highest BCUT2D eigenvalue weighted by Gasteiger charge is 2.30. The molecule has 3 rings (SSSR count). The minimum atomic E-state index is -3.65. The van der Waals surface area contributed by atoms with E-state index in [0.29, 0.717) is 25.2 Å². The number of piperazine rings is 1. The number of aromatic nitrogens is 2. The normalized spacial score (nSPS) is 16.4. The van der Waals surface area contributed by atoms with Crippen molar-refractivity contribution in [2.45, 2.75) is 31.2 Å². The van der Waals surface area contributed by atoms with Gasteiger partial charge in [0.15, 0.2) is 0 Å². The number of nitrogens with one attached hydrogen (secondary N) is 1. The van der Waals surface area contributed by atoms with Crippen molar-refractivity contribution >= 4 is 27.5 Å². The summed E-state index contributed by atoms with van der Waals surface area (Å²) >= 11 is 0. The van der Waals surface area contributed by atoms with Crippen molar-refractivity contribution in [3.63, 3.8) is 0 Å². The van der Waals surface area contributed by atoms with Crippen molar-refractivity contribution in [3.8, 4) is 0 Å². The minimum Gasteiger partial charge on any atom is -0.340 e. The number of rotatable bonds is 6. The van der Waals surface area contributed by atoms with Crippen LogP contribution in [0.15, 0.2) is 47.6 Å². The number of anilines is 1. The molecule has 1 aliphatic heterocycles. The monoisotopic (exact) mass is 419 g/mol. The molecule has 0 spiro atoms. The van der Waals surface area contributed by atoms with Gasteiger partial charge in [0.2, 0.25) is 21.8 Å². The maximum absolute atomic E-state index is 12.9. The van der Waals surface area contributed by atoms with E-state index in [4.69, 9.17) is 0 Å². The number of carbonyl (C=O) groups is 2.